The van der Waals surface area contributed by atoms with Crippen LogP contribution >= 0.6 is 0 Å². The van der Waals surface area contributed by atoms with E-state index in [-0.39, 0.29) is 11.8 Å². The molecule has 1 atom stereocenters. The Kier molecular flexibility index (Phi) is 5.19. The fraction of sp³-hybridized carbons (Fsp3) is 0.440. The summed E-state index contributed by atoms with van der Waals surface area (Å²) in [7, 11) is 2.21. The Morgan fingerprint density at radius 1 is 1.00 bits per heavy atom. The summed E-state index contributed by atoms with van der Waals surface area (Å²) in [5.74, 6) is -0.438. The molecule has 0 aromatic carbocycles. The first kappa shape index (κ1) is 20.5. The second-order valence-electron chi connectivity index (χ2n) is 9.38. The number of carbonyl (C=O) groups is 1. The van der Waals surface area contributed by atoms with Crippen molar-refractivity contribution in [1.82, 2.24) is 24.4 Å². The van der Waals surface area contributed by atoms with Crippen LogP contribution in [0.2, 0.25) is 0 Å². The number of piperazine rings is 1. The number of carbonyl (C=O) groups excluding carboxylic acids is 1. The molecule has 2 aromatic rings. The molecule has 0 spiro atoms. The van der Waals surface area contributed by atoms with Gasteiger partial charge in [-0.25, -0.2) is 14.5 Å². The van der Waals surface area contributed by atoms with E-state index < -0.39 is 0 Å². The molecule has 2 fully saturated rings. The lowest BCUT2D eigenvalue weighted by Gasteiger charge is -2.42. The summed E-state index contributed by atoms with van der Waals surface area (Å²) < 4.78 is 1.85. The zero-order valence-electron chi connectivity index (χ0n) is 19.0. The zero-order chi connectivity index (χ0) is 22.4. The van der Waals surface area contributed by atoms with Crippen molar-refractivity contribution >= 4 is 29.0 Å². The largest absolute Gasteiger partial charge is 0.369 e. The van der Waals surface area contributed by atoms with Gasteiger partial charge in [-0.05, 0) is 25.5 Å². The first-order valence-corrected chi connectivity index (χ1v) is 11.9. The monoisotopic (exact) mass is 443 g/mol. The number of aliphatic imine (C=N–C) groups is 1. The predicted molar refractivity (Wildman–Crippen MR) is 129 cm³/mol. The molecule has 8 nitrogen and oxygen atoms in total. The molecule has 1 unspecified atom stereocenters. The van der Waals surface area contributed by atoms with Crippen molar-refractivity contribution in [3.8, 4) is 0 Å². The Bertz CT molecular complexity index is 1190. The number of aromatic nitrogens is 3. The summed E-state index contributed by atoms with van der Waals surface area (Å²) in [4.78, 5) is 28.6. The van der Waals surface area contributed by atoms with Crippen LogP contribution in [-0.2, 0) is 4.79 Å². The van der Waals surface area contributed by atoms with Gasteiger partial charge in [0.05, 0.1) is 30.2 Å². The lowest BCUT2D eigenvalue weighted by Crippen LogP contribution is -2.52. The van der Waals surface area contributed by atoms with E-state index in [0.717, 1.165) is 41.1 Å². The number of fused-ring (bicyclic) bond motifs is 2. The highest BCUT2D eigenvalue weighted by molar-refractivity contribution is 6.20. The molecule has 170 valence electrons. The van der Waals surface area contributed by atoms with E-state index in [0.29, 0.717) is 6.04 Å². The van der Waals surface area contributed by atoms with Gasteiger partial charge in [-0.1, -0.05) is 24.3 Å². The van der Waals surface area contributed by atoms with E-state index in [2.05, 4.69) is 38.0 Å². The number of allylic oxidation sites excluding steroid dienone is 4. The topological polar surface area (TPSA) is 69.3 Å². The molecule has 2 saturated heterocycles. The van der Waals surface area contributed by atoms with Crippen molar-refractivity contribution in [2.45, 2.75) is 18.9 Å². The smallest absolute Gasteiger partial charge is 0.257 e. The maximum atomic E-state index is 12.2. The lowest BCUT2D eigenvalue weighted by atomic mass is 9.86. The number of amides is 1. The fourth-order valence-electron chi connectivity index (χ4n) is 5.42. The summed E-state index contributed by atoms with van der Waals surface area (Å²) >= 11 is 0. The molecule has 8 heteroatoms. The van der Waals surface area contributed by atoms with Crippen LogP contribution in [0.25, 0.3) is 11.2 Å². The molecule has 1 amide bonds. The van der Waals surface area contributed by atoms with E-state index in [1.807, 2.05) is 41.2 Å². The number of dihydropyridines is 1. The Labute approximate surface area is 193 Å². The van der Waals surface area contributed by atoms with Gasteiger partial charge in [-0.2, -0.15) is 5.10 Å². The van der Waals surface area contributed by atoms with Gasteiger partial charge in [0.2, 0.25) is 0 Å². The minimum atomic E-state index is -0.314. The zero-order valence-corrected chi connectivity index (χ0v) is 19.0. The minimum Gasteiger partial charge on any atom is -0.369 e. The van der Waals surface area contributed by atoms with E-state index in [4.69, 9.17) is 4.98 Å². The summed E-state index contributed by atoms with van der Waals surface area (Å²) in [6, 6.07) is 0.690. The number of likely N-dealkylation sites (N-methyl/N-ethyl adjacent to an activating group) is 1. The van der Waals surface area contributed by atoms with E-state index in [1.165, 1.54) is 39.0 Å². The number of hydrogen-bond acceptors (Lipinski definition) is 6. The third-order valence-corrected chi connectivity index (χ3v) is 7.44. The number of hydrogen-bond donors (Lipinski definition) is 0. The summed E-state index contributed by atoms with van der Waals surface area (Å²) in [5.41, 5.74) is 4.69. The maximum Gasteiger partial charge on any atom is 0.257 e. The Hall–Kier alpha value is -3.10. The number of piperidine rings is 1. The van der Waals surface area contributed by atoms with Crippen molar-refractivity contribution in [3.63, 3.8) is 0 Å². The van der Waals surface area contributed by atoms with Crippen LogP contribution in [0.1, 0.15) is 18.4 Å². The standard InChI is InChI=1S/C25H29N7O/c1-29-10-12-31(13-11-29)18-6-8-30(9-7-18)19-14-26-24-23(16-28-32(24)17-19)22-15-27-25(33)21-5-3-2-4-20(21)22/h2-5,14-18,21H,6-13H2,1H3. The third-order valence-electron chi connectivity index (χ3n) is 7.44. The summed E-state index contributed by atoms with van der Waals surface area (Å²) in [6.45, 7) is 6.80. The van der Waals surface area contributed by atoms with Crippen molar-refractivity contribution in [2.24, 2.45) is 10.9 Å². The second kappa shape index (κ2) is 8.35. The van der Waals surface area contributed by atoms with Crippen LogP contribution < -0.4 is 4.90 Å². The summed E-state index contributed by atoms with van der Waals surface area (Å²) in [5, 5.41) is 4.59. The molecule has 4 aliphatic rings. The highest BCUT2D eigenvalue weighted by atomic mass is 16.1. The van der Waals surface area contributed by atoms with Crippen molar-refractivity contribution in [3.05, 3.63) is 54.0 Å². The van der Waals surface area contributed by atoms with Crippen LogP contribution in [-0.4, -0.2) is 88.9 Å². The third kappa shape index (κ3) is 3.73. The van der Waals surface area contributed by atoms with Crippen molar-refractivity contribution in [1.29, 1.82) is 0 Å². The first-order valence-electron chi connectivity index (χ1n) is 11.9. The molecular weight excluding hydrogens is 414 g/mol. The second-order valence-corrected chi connectivity index (χ2v) is 9.38. The average molecular weight is 444 g/mol. The highest BCUT2D eigenvalue weighted by Gasteiger charge is 2.29. The normalized spacial score (nSPS) is 24.8. The molecule has 0 N–H and O–H groups in total. The lowest BCUT2D eigenvalue weighted by molar-refractivity contribution is -0.119. The molecule has 1 aliphatic carbocycles. The molecule has 0 radical (unpaired) electrons. The highest BCUT2D eigenvalue weighted by Crippen LogP contribution is 2.33. The van der Waals surface area contributed by atoms with Gasteiger partial charge < -0.3 is 9.80 Å². The van der Waals surface area contributed by atoms with Gasteiger partial charge in [0.1, 0.15) is 0 Å². The Balaban J connectivity index is 1.21. The molecule has 0 bridgehead atoms. The van der Waals surface area contributed by atoms with Crippen molar-refractivity contribution < 1.29 is 4.79 Å². The first-order chi connectivity index (χ1) is 16.2. The van der Waals surface area contributed by atoms with Crippen LogP contribution in [0, 0.1) is 5.92 Å². The molecule has 33 heavy (non-hydrogen) atoms. The molecule has 0 saturated carbocycles. The van der Waals surface area contributed by atoms with E-state index in [9.17, 15) is 4.79 Å². The van der Waals surface area contributed by atoms with Gasteiger partial charge in [-0.3, -0.25) is 9.69 Å². The molecule has 3 aliphatic heterocycles. The quantitative estimate of drug-likeness (QED) is 0.723. The van der Waals surface area contributed by atoms with E-state index in [1.54, 1.807) is 6.21 Å². The minimum absolute atomic E-state index is 0.124. The van der Waals surface area contributed by atoms with Crippen molar-refractivity contribution in [2.75, 3.05) is 51.2 Å². The molecule has 6 rings (SSSR count). The van der Waals surface area contributed by atoms with Crippen LogP contribution in [0.15, 0.2) is 53.5 Å². The Morgan fingerprint density at radius 3 is 2.64 bits per heavy atom. The van der Waals surface area contributed by atoms with Gasteiger partial charge >= 0.3 is 0 Å². The molecular formula is C25H29N7O. The van der Waals surface area contributed by atoms with E-state index >= 15 is 0 Å². The van der Waals surface area contributed by atoms with Gasteiger partial charge in [0, 0.05) is 62.7 Å². The number of nitrogens with zero attached hydrogens (tertiary/aromatic N) is 7. The average Bonchev–Trinajstić information content (AvgIpc) is 3.28. The maximum absolute atomic E-state index is 12.2. The summed E-state index contributed by atoms with van der Waals surface area (Å²) in [6.07, 6.45) is 17.7. The van der Waals surface area contributed by atoms with Gasteiger partial charge in [-0.15, -0.1) is 0 Å². The predicted octanol–water partition coefficient (Wildman–Crippen LogP) is 2.05. The van der Waals surface area contributed by atoms with Gasteiger partial charge in [0.25, 0.3) is 5.91 Å². The Morgan fingerprint density at radius 2 is 1.82 bits per heavy atom. The van der Waals surface area contributed by atoms with Crippen LogP contribution in [0.4, 0.5) is 5.69 Å². The number of rotatable bonds is 3. The molecule has 2 aromatic heterocycles. The van der Waals surface area contributed by atoms with Crippen LogP contribution in [0.5, 0.6) is 0 Å². The van der Waals surface area contributed by atoms with Gasteiger partial charge in [0.15, 0.2) is 5.65 Å². The van der Waals surface area contributed by atoms with Crippen LogP contribution in [0.3, 0.4) is 0 Å². The molecule has 5 heterocycles. The number of anilines is 1. The fourth-order valence-corrected chi connectivity index (χ4v) is 5.42. The SMILES string of the molecule is CN1CCN(C2CCN(c3cnc4c(C5=C6C=CC=CC6C(=O)N=C5)cnn4c3)CC2)CC1.